The highest BCUT2D eigenvalue weighted by atomic mass is 16.5. The lowest BCUT2D eigenvalue weighted by Gasteiger charge is -2.30. The second kappa shape index (κ2) is 6.05. The lowest BCUT2D eigenvalue weighted by Crippen LogP contribution is -2.44. The Morgan fingerprint density at radius 1 is 1.35 bits per heavy atom. The van der Waals surface area contributed by atoms with Gasteiger partial charge in [-0.1, -0.05) is 30.3 Å². The van der Waals surface area contributed by atoms with Gasteiger partial charge in [0.25, 0.3) is 0 Å². The van der Waals surface area contributed by atoms with Crippen molar-refractivity contribution in [3.8, 4) is 5.75 Å². The van der Waals surface area contributed by atoms with Crippen molar-refractivity contribution in [1.29, 1.82) is 0 Å². The van der Waals surface area contributed by atoms with Crippen molar-refractivity contribution < 1.29 is 9.26 Å². The number of hydrogen-bond acceptors (Lipinski definition) is 5. The van der Waals surface area contributed by atoms with E-state index in [4.69, 9.17) is 9.26 Å². The van der Waals surface area contributed by atoms with E-state index in [9.17, 15) is 0 Å². The number of nitrogens with zero attached hydrogens (tertiary/aromatic N) is 2. The van der Waals surface area contributed by atoms with Gasteiger partial charge in [0.2, 0.25) is 5.89 Å². The molecule has 5 nitrogen and oxygen atoms in total. The minimum Gasteiger partial charge on any atom is -0.493 e. The summed E-state index contributed by atoms with van der Waals surface area (Å²) in [6, 6.07) is 9.75. The molecule has 1 atom stereocenters. The molecule has 0 spiro atoms. The molecule has 2 heterocycles. The zero-order valence-corrected chi connectivity index (χ0v) is 11.6. The van der Waals surface area contributed by atoms with Crippen molar-refractivity contribution in [1.82, 2.24) is 15.5 Å². The Bertz CT molecular complexity index is 537. The molecule has 3 rings (SSSR count). The van der Waals surface area contributed by atoms with Crippen LogP contribution in [-0.2, 0) is 6.42 Å². The number of nitrogens with one attached hydrogen (secondary N) is 1. The van der Waals surface area contributed by atoms with Crippen molar-refractivity contribution in [3.63, 3.8) is 0 Å². The van der Waals surface area contributed by atoms with Crippen LogP contribution < -0.4 is 10.1 Å². The molecule has 0 aliphatic carbocycles. The van der Waals surface area contributed by atoms with Gasteiger partial charge >= 0.3 is 0 Å². The predicted molar refractivity (Wildman–Crippen MR) is 74.7 cm³/mol. The molecule has 1 unspecified atom stereocenters. The third kappa shape index (κ3) is 2.99. The van der Waals surface area contributed by atoms with Gasteiger partial charge in [0.1, 0.15) is 5.75 Å². The summed E-state index contributed by atoms with van der Waals surface area (Å²) in [5.74, 6) is 3.27. The first kappa shape index (κ1) is 13.1. The Balaban J connectivity index is 1.50. The van der Waals surface area contributed by atoms with E-state index in [-0.39, 0.29) is 0 Å². The fourth-order valence-corrected chi connectivity index (χ4v) is 2.20. The predicted octanol–water partition coefficient (Wildman–Crippen LogP) is 2.01. The molecular formula is C15H19N3O2. The first-order chi connectivity index (χ1) is 9.83. The van der Waals surface area contributed by atoms with Crippen LogP contribution in [0.15, 0.2) is 34.9 Å². The molecular weight excluding hydrogens is 254 g/mol. The molecule has 1 saturated heterocycles. The summed E-state index contributed by atoms with van der Waals surface area (Å²) in [7, 11) is 0. The van der Waals surface area contributed by atoms with Crippen LogP contribution in [-0.4, -0.2) is 29.8 Å². The fourth-order valence-electron chi connectivity index (χ4n) is 2.20. The van der Waals surface area contributed by atoms with Crippen LogP contribution in [0.5, 0.6) is 5.75 Å². The van der Waals surface area contributed by atoms with Crippen LogP contribution in [0.4, 0.5) is 0 Å². The summed E-state index contributed by atoms with van der Waals surface area (Å²) in [4.78, 5) is 4.46. The van der Waals surface area contributed by atoms with Crippen LogP contribution in [0.2, 0.25) is 0 Å². The molecule has 1 fully saturated rings. The molecule has 20 heavy (non-hydrogen) atoms. The van der Waals surface area contributed by atoms with E-state index < -0.39 is 0 Å². The quantitative estimate of drug-likeness (QED) is 0.872. The Kier molecular flexibility index (Phi) is 3.97. The number of aromatic nitrogens is 2. The molecule has 0 amide bonds. The maximum Gasteiger partial charge on any atom is 0.229 e. The van der Waals surface area contributed by atoms with Crippen molar-refractivity contribution in [3.05, 3.63) is 42.0 Å². The number of hydrogen-bond donors (Lipinski definition) is 1. The Morgan fingerprint density at radius 3 is 2.85 bits per heavy atom. The molecule has 1 aliphatic heterocycles. The zero-order valence-electron chi connectivity index (χ0n) is 11.6. The molecule has 1 aromatic heterocycles. The molecule has 106 valence electrons. The Labute approximate surface area is 118 Å². The third-order valence-corrected chi connectivity index (χ3v) is 3.73. The minimum absolute atomic E-state index is 0.326. The lowest BCUT2D eigenvalue weighted by atomic mass is 9.89. The summed E-state index contributed by atoms with van der Waals surface area (Å²) < 4.78 is 11.0. The second-order valence-corrected chi connectivity index (χ2v) is 5.17. The molecule has 1 N–H and O–H groups in total. The van der Waals surface area contributed by atoms with Crippen LogP contribution in [0.25, 0.3) is 0 Å². The van der Waals surface area contributed by atoms with Gasteiger partial charge in [0.05, 0.1) is 6.61 Å². The summed E-state index contributed by atoms with van der Waals surface area (Å²) in [5.41, 5.74) is 0. The van der Waals surface area contributed by atoms with E-state index in [1.54, 1.807) is 0 Å². The van der Waals surface area contributed by atoms with Gasteiger partial charge in [-0.15, -0.1) is 0 Å². The van der Waals surface area contributed by atoms with Gasteiger partial charge in [0, 0.05) is 12.3 Å². The van der Waals surface area contributed by atoms with E-state index in [0.29, 0.717) is 24.9 Å². The van der Waals surface area contributed by atoms with Gasteiger partial charge in [0.15, 0.2) is 5.82 Å². The monoisotopic (exact) mass is 273 g/mol. The molecule has 5 heteroatoms. The molecule has 1 aromatic carbocycles. The number of rotatable bonds is 6. The maximum absolute atomic E-state index is 5.63. The van der Waals surface area contributed by atoms with Crippen LogP contribution >= 0.6 is 0 Å². The van der Waals surface area contributed by atoms with Crippen LogP contribution in [0.1, 0.15) is 24.6 Å². The average molecular weight is 273 g/mol. The SMILES string of the molecule is CC(c1nc(CCOc2ccccc2)no1)C1CNC1. The molecule has 2 aromatic rings. The molecule has 1 aliphatic rings. The highest BCUT2D eigenvalue weighted by molar-refractivity contribution is 5.20. The highest BCUT2D eigenvalue weighted by Gasteiger charge is 2.28. The van der Waals surface area contributed by atoms with Gasteiger partial charge in [-0.3, -0.25) is 0 Å². The molecule has 0 radical (unpaired) electrons. The molecule has 0 bridgehead atoms. The Morgan fingerprint density at radius 2 is 2.15 bits per heavy atom. The first-order valence-electron chi connectivity index (χ1n) is 7.04. The van der Waals surface area contributed by atoms with Crippen LogP contribution in [0, 0.1) is 5.92 Å². The average Bonchev–Trinajstić information content (AvgIpc) is 2.87. The van der Waals surface area contributed by atoms with E-state index >= 15 is 0 Å². The highest BCUT2D eigenvalue weighted by Crippen LogP contribution is 2.25. The summed E-state index contributed by atoms with van der Waals surface area (Å²) in [6.45, 7) is 4.78. The topological polar surface area (TPSA) is 60.2 Å². The number of para-hydroxylation sites is 1. The van der Waals surface area contributed by atoms with Crippen LogP contribution in [0.3, 0.4) is 0 Å². The van der Waals surface area contributed by atoms with Gasteiger partial charge in [-0.2, -0.15) is 4.98 Å². The number of benzene rings is 1. The maximum atomic E-state index is 5.63. The largest absolute Gasteiger partial charge is 0.493 e. The molecule has 0 saturated carbocycles. The van der Waals surface area contributed by atoms with E-state index in [0.717, 1.165) is 30.6 Å². The number of ether oxygens (including phenoxy) is 1. The normalized spacial score (nSPS) is 16.6. The van der Waals surface area contributed by atoms with Gasteiger partial charge < -0.3 is 14.6 Å². The lowest BCUT2D eigenvalue weighted by molar-refractivity contribution is 0.252. The fraction of sp³-hybridized carbons (Fsp3) is 0.467. The summed E-state index contributed by atoms with van der Waals surface area (Å²) >= 11 is 0. The van der Waals surface area contributed by atoms with Crippen molar-refractivity contribution in [2.45, 2.75) is 19.3 Å². The van der Waals surface area contributed by atoms with Crippen molar-refractivity contribution >= 4 is 0 Å². The van der Waals surface area contributed by atoms with E-state index in [1.165, 1.54) is 0 Å². The summed E-state index contributed by atoms with van der Waals surface area (Å²) in [6.07, 6.45) is 0.661. The van der Waals surface area contributed by atoms with Crippen molar-refractivity contribution in [2.24, 2.45) is 5.92 Å². The van der Waals surface area contributed by atoms with E-state index in [2.05, 4.69) is 22.4 Å². The minimum atomic E-state index is 0.326. The Hall–Kier alpha value is -1.88. The van der Waals surface area contributed by atoms with Gasteiger partial charge in [-0.25, -0.2) is 0 Å². The van der Waals surface area contributed by atoms with E-state index in [1.807, 2.05) is 30.3 Å². The smallest absolute Gasteiger partial charge is 0.229 e. The standard InChI is InChI=1S/C15H19N3O2/c1-11(12-9-16-10-12)15-17-14(18-20-15)7-8-19-13-5-3-2-4-6-13/h2-6,11-12,16H,7-10H2,1H3. The second-order valence-electron chi connectivity index (χ2n) is 5.17. The van der Waals surface area contributed by atoms with Gasteiger partial charge in [-0.05, 0) is 31.1 Å². The first-order valence-corrected chi connectivity index (χ1v) is 7.04. The zero-order chi connectivity index (χ0) is 13.8. The summed E-state index contributed by atoms with van der Waals surface area (Å²) in [5, 5.41) is 7.28. The third-order valence-electron chi connectivity index (χ3n) is 3.73. The van der Waals surface area contributed by atoms with Crippen molar-refractivity contribution in [2.75, 3.05) is 19.7 Å².